The maximum absolute atomic E-state index is 14.8. The van der Waals surface area contributed by atoms with Gasteiger partial charge in [0.05, 0.1) is 17.2 Å². The van der Waals surface area contributed by atoms with Gasteiger partial charge in [-0.25, -0.2) is 14.2 Å². The van der Waals surface area contributed by atoms with E-state index in [1.807, 2.05) is 0 Å². The molecule has 39 heavy (non-hydrogen) atoms. The van der Waals surface area contributed by atoms with E-state index in [2.05, 4.69) is 10.3 Å². The number of anilines is 3. The third-order valence-corrected chi connectivity index (χ3v) is 5.72. The Morgan fingerprint density at radius 3 is 2.38 bits per heavy atom. The van der Waals surface area contributed by atoms with Crippen molar-refractivity contribution in [1.82, 2.24) is 4.98 Å². The second kappa shape index (κ2) is 10.5. The van der Waals surface area contributed by atoms with E-state index < -0.39 is 76.9 Å². The molecule has 1 aliphatic rings. The Kier molecular flexibility index (Phi) is 7.90. The number of carboxylic acids is 1. The predicted octanol–water partition coefficient (Wildman–Crippen LogP) is 4.36. The van der Waals surface area contributed by atoms with Crippen molar-refractivity contribution in [3.63, 3.8) is 0 Å². The average molecular weight is 554 g/mol. The second-order valence-electron chi connectivity index (χ2n) is 9.87. The lowest BCUT2D eigenvalue weighted by atomic mass is 9.99. The Morgan fingerprint density at radius 1 is 1.18 bits per heavy atom. The fraction of sp³-hybridized carbons (Fsp3) is 0.400. The first-order valence-corrected chi connectivity index (χ1v) is 11.6. The van der Waals surface area contributed by atoms with Crippen LogP contribution in [0.15, 0.2) is 30.3 Å². The van der Waals surface area contributed by atoms with Crippen molar-refractivity contribution in [3.05, 3.63) is 47.4 Å². The monoisotopic (exact) mass is 554 g/mol. The van der Waals surface area contributed by atoms with Crippen LogP contribution in [0.25, 0.3) is 0 Å². The number of carbonyl (C=O) groups is 4. The Hall–Kier alpha value is -4.23. The highest BCUT2D eigenvalue weighted by Gasteiger charge is 2.51. The molecule has 0 aliphatic carbocycles. The molecule has 0 saturated carbocycles. The Labute approximate surface area is 220 Å². The molecule has 210 valence electrons. The molecule has 3 rings (SSSR count). The van der Waals surface area contributed by atoms with Crippen molar-refractivity contribution < 1.29 is 46.6 Å². The molecule has 1 saturated heterocycles. The first-order chi connectivity index (χ1) is 17.9. The smallest absolute Gasteiger partial charge is 0.416 e. The number of carbonyl (C=O) groups excluding carboxylic acids is 3. The summed E-state index contributed by atoms with van der Waals surface area (Å²) in [5.41, 5.74) is -2.90. The number of aryl methyl sites for hydroxylation is 1. The third-order valence-electron chi connectivity index (χ3n) is 5.72. The van der Waals surface area contributed by atoms with Gasteiger partial charge in [0.15, 0.2) is 0 Å². The van der Waals surface area contributed by atoms with E-state index >= 15 is 0 Å². The SMILES string of the molecule is Cc1cc(C(F)(F)F)cc(N2C(=O)C[C@H](C(=O)O)[C@H]2C(=O)N(C)c2cccc(F)c2NC(=O)OC(C)(C)C)n1. The number of aliphatic carboxylic acids is 1. The molecule has 1 aromatic carbocycles. The molecule has 0 spiro atoms. The molecule has 1 fully saturated rings. The van der Waals surface area contributed by atoms with Crippen molar-refractivity contribution >= 4 is 41.1 Å². The van der Waals surface area contributed by atoms with Gasteiger partial charge in [-0.3, -0.25) is 24.6 Å². The van der Waals surface area contributed by atoms with Crippen molar-refractivity contribution in [2.24, 2.45) is 5.92 Å². The fourth-order valence-corrected chi connectivity index (χ4v) is 4.09. The van der Waals surface area contributed by atoms with Gasteiger partial charge >= 0.3 is 18.2 Å². The normalized spacial score (nSPS) is 17.7. The second-order valence-corrected chi connectivity index (χ2v) is 9.87. The number of hydrogen-bond acceptors (Lipinski definition) is 6. The van der Waals surface area contributed by atoms with Crippen LogP contribution in [0.2, 0.25) is 0 Å². The molecule has 2 atom stereocenters. The van der Waals surface area contributed by atoms with Gasteiger partial charge in [-0.05, 0) is 52.0 Å². The van der Waals surface area contributed by atoms with E-state index in [9.17, 15) is 41.8 Å². The van der Waals surface area contributed by atoms with Crippen LogP contribution in [-0.2, 0) is 25.3 Å². The lowest BCUT2D eigenvalue weighted by Gasteiger charge is -2.30. The molecule has 1 aliphatic heterocycles. The van der Waals surface area contributed by atoms with Crippen molar-refractivity contribution in [2.75, 3.05) is 22.2 Å². The summed E-state index contributed by atoms with van der Waals surface area (Å²) in [6.45, 7) is 5.97. The zero-order valence-corrected chi connectivity index (χ0v) is 21.6. The molecule has 1 aromatic heterocycles. The number of likely N-dealkylation sites (N-methyl/N-ethyl adjacent to an activating group) is 1. The van der Waals surface area contributed by atoms with E-state index in [1.54, 1.807) is 20.8 Å². The highest BCUT2D eigenvalue weighted by Crippen LogP contribution is 2.37. The van der Waals surface area contributed by atoms with Crippen LogP contribution in [0.5, 0.6) is 0 Å². The average Bonchev–Trinajstić information content (AvgIpc) is 3.14. The molecule has 3 amide bonds. The summed E-state index contributed by atoms with van der Waals surface area (Å²) in [6.07, 6.45) is -6.54. The Bertz CT molecular complexity index is 1320. The lowest BCUT2D eigenvalue weighted by Crippen LogP contribution is -2.50. The number of rotatable bonds is 5. The number of benzene rings is 1. The summed E-state index contributed by atoms with van der Waals surface area (Å²) in [5, 5.41) is 12.0. The quantitative estimate of drug-likeness (QED) is 0.526. The van der Waals surface area contributed by atoms with Crippen molar-refractivity contribution in [1.29, 1.82) is 0 Å². The Morgan fingerprint density at radius 2 is 1.82 bits per heavy atom. The number of halogens is 4. The van der Waals surface area contributed by atoms with Crippen LogP contribution in [0.3, 0.4) is 0 Å². The number of ether oxygens (including phenoxy) is 1. The molecule has 2 N–H and O–H groups in total. The van der Waals surface area contributed by atoms with E-state index in [0.29, 0.717) is 11.0 Å². The van der Waals surface area contributed by atoms with Crippen molar-refractivity contribution in [3.8, 4) is 0 Å². The van der Waals surface area contributed by atoms with E-state index in [1.165, 1.54) is 19.1 Å². The molecule has 0 unspecified atom stereocenters. The minimum atomic E-state index is -4.81. The first-order valence-electron chi connectivity index (χ1n) is 11.6. The van der Waals surface area contributed by atoms with Crippen molar-refractivity contribution in [2.45, 2.75) is 51.9 Å². The molecule has 10 nitrogen and oxygen atoms in total. The molecule has 2 aromatic rings. The summed E-state index contributed by atoms with van der Waals surface area (Å²) < 4.78 is 60.3. The number of hydrogen-bond donors (Lipinski definition) is 2. The van der Waals surface area contributed by atoms with Gasteiger partial charge < -0.3 is 14.7 Å². The minimum absolute atomic E-state index is 0.125. The summed E-state index contributed by atoms with van der Waals surface area (Å²) in [4.78, 5) is 56.2. The maximum atomic E-state index is 14.8. The number of alkyl halides is 3. The summed E-state index contributed by atoms with van der Waals surface area (Å²) in [7, 11) is 1.14. The van der Waals surface area contributed by atoms with E-state index in [0.717, 1.165) is 24.1 Å². The van der Waals surface area contributed by atoms with Gasteiger partial charge in [-0.2, -0.15) is 13.2 Å². The highest BCUT2D eigenvalue weighted by molar-refractivity contribution is 6.12. The van der Waals surface area contributed by atoms with Crippen LogP contribution < -0.4 is 15.1 Å². The van der Waals surface area contributed by atoms with Gasteiger partial charge in [0.2, 0.25) is 5.91 Å². The number of amides is 3. The van der Waals surface area contributed by atoms with Gasteiger partial charge in [-0.15, -0.1) is 0 Å². The molecule has 14 heteroatoms. The molecule has 0 bridgehead atoms. The van der Waals surface area contributed by atoms with Crippen LogP contribution >= 0.6 is 0 Å². The van der Waals surface area contributed by atoms with Crippen LogP contribution in [0.4, 0.5) is 39.5 Å². The number of nitrogens with one attached hydrogen (secondary N) is 1. The van der Waals surface area contributed by atoms with Crippen LogP contribution in [0, 0.1) is 18.7 Å². The minimum Gasteiger partial charge on any atom is -0.481 e. The van der Waals surface area contributed by atoms with Gasteiger partial charge in [0.25, 0.3) is 5.91 Å². The number of carboxylic acid groups (broad SMARTS) is 1. The molecular weight excluding hydrogens is 528 g/mol. The molecule has 0 radical (unpaired) electrons. The summed E-state index contributed by atoms with van der Waals surface area (Å²) in [5.74, 6) is -6.72. The maximum Gasteiger partial charge on any atom is 0.416 e. The highest BCUT2D eigenvalue weighted by atomic mass is 19.4. The third kappa shape index (κ3) is 6.44. The Balaban J connectivity index is 2.07. The van der Waals surface area contributed by atoms with Crippen LogP contribution in [-0.4, -0.2) is 52.7 Å². The van der Waals surface area contributed by atoms with Gasteiger partial charge in [0.1, 0.15) is 29.0 Å². The van der Waals surface area contributed by atoms with Gasteiger partial charge in [0, 0.05) is 19.2 Å². The zero-order valence-electron chi connectivity index (χ0n) is 21.6. The largest absolute Gasteiger partial charge is 0.481 e. The number of pyridine rings is 1. The summed E-state index contributed by atoms with van der Waals surface area (Å²) in [6, 6.07) is 2.93. The standard InChI is InChI=1S/C25H26F4N4O6/c1-12-9-13(25(27,28)29)10-17(30-12)33-18(34)11-14(22(36)37)20(33)21(35)32(5)16-8-6-7-15(26)19(16)31-23(38)39-24(2,3)4/h6-10,14,20H,11H2,1-5H3,(H,31,38)(H,36,37)/t14-,20-/m0/s1. The molecular formula is C25H26F4N4O6. The first kappa shape index (κ1) is 29.3. The number of nitrogens with zero attached hydrogens (tertiary/aromatic N) is 3. The topological polar surface area (TPSA) is 129 Å². The number of aromatic nitrogens is 1. The van der Waals surface area contributed by atoms with Crippen LogP contribution in [0.1, 0.15) is 38.4 Å². The number of para-hydroxylation sites is 1. The zero-order chi connectivity index (χ0) is 29.4. The van der Waals surface area contributed by atoms with E-state index in [4.69, 9.17) is 4.74 Å². The fourth-order valence-electron chi connectivity index (χ4n) is 4.09. The predicted molar refractivity (Wildman–Crippen MR) is 131 cm³/mol. The summed E-state index contributed by atoms with van der Waals surface area (Å²) >= 11 is 0. The molecule has 2 heterocycles. The van der Waals surface area contributed by atoms with Gasteiger partial charge in [-0.1, -0.05) is 6.07 Å². The lowest BCUT2D eigenvalue weighted by molar-refractivity contribution is -0.144. The van der Waals surface area contributed by atoms with E-state index in [-0.39, 0.29) is 11.4 Å².